The smallest absolute Gasteiger partial charge is 0.00672 e. The number of fused-ring (bicyclic) bond motifs is 1. The van der Waals surface area contributed by atoms with Gasteiger partial charge in [0.1, 0.15) is 0 Å². The second-order valence-electron chi connectivity index (χ2n) is 8.78. The Morgan fingerprint density at radius 3 is 2.72 bits per heavy atom. The van der Waals surface area contributed by atoms with Crippen molar-refractivity contribution in [3.8, 4) is 0 Å². The van der Waals surface area contributed by atoms with Gasteiger partial charge in [-0.1, -0.05) is 44.6 Å². The molecule has 0 aromatic heterocycles. The van der Waals surface area contributed by atoms with Crippen molar-refractivity contribution in [2.45, 2.75) is 70.3 Å². The molecule has 5 rings (SSSR count). The molecule has 0 N–H and O–H groups in total. The molecule has 5 saturated carbocycles. The average molecular weight is 260 g/mol. The molecule has 0 aliphatic heterocycles. The zero-order valence-corrected chi connectivity index (χ0v) is 14.2. The van der Waals surface area contributed by atoms with E-state index in [-0.39, 0.29) is 0 Å². The van der Waals surface area contributed by atoms with Crippen LogP contribution in [0, 0.1) is 34.0 Å². The van der Waals surface area contributed by atoms with Gasteiger partial charge in [0.05, 0.1) is 0 Å². The molecular weight excluding hydrogens is 232 g/mol. The summed E-state index contributed by atoms with van der Waals surface area (Å²) in [4.78, 5) is 0. The first kappa shape index (κ1) is 10.9. The highest BCUT2D eigenvalue weighted by atomic mass is 28.1. The molecule has 0 amide bonds. The molecule has 5 aliphatic carbocycles. The lowest BCUT2D eigenvalue weighted by molar-refractivity contribution is 0.330. The SMILES string of the molecule is CC1C23CC24CCCCCC([SiH3])CCC2[C@@H](C4)[C@@]213. The van der Waals surface area contributed by atoms with Crippen LogP contribution in [0.3, 0.4) is 0 Å². The van der Waals surface area contributed by atoms with E-state index < -0.39 is 0 Å². The maximum Gasteiger partial charge on any atom is 0.00672 e. The molecule has 2 bridgehead atoms. The first-order valence-corrected chi connectivity index (χ1v) is 9.84. The van der Waals surface area contributed by atoms with E-state index in [2.05, 4.69) is 6.92 Å². The molecule has 0 aromatic rings. The summed E-state index contributed by atoms with van der Waals surface area (Å²) in [6.45, 7) is 2.63. The van der Waals surface area contributed by atoms with E-state index in [9.17, 15) is 0 Å². The molecule has 0 nitrogen and oxygen atoms in total. The summed E-state index contributed by atoms with van der Waals surface area (Å²) in [5.74, 6) is 3.57. The Bertz CT molecular complexity index is 418. The van der Waals surface area contributed by atoms with Crippen molar-refractivity contribution in [2.75, 3.05) is 0 Å². The molecule has 0 heterocycles. The predicted octanol–water partition coefficient (Wildman–Crippen LogP) is 3.55. The molecule has 18 heavy (non-hydrogen) atoms. The van der Waals surface area contributed by atoms with E-state index in [4.69, 9.17) is 0 Å². The zero-order chi connectivity index (χ0) is 12.2. The van der Waals surface area contributed by atoms with Crippen LogP contribution in [0.15, 0.2) is 0 Å². The van der Waals surface area contributed by atoms with Crippen molar-refractivity contribution < 1.29 is 0 Å². The molecule has 1 heteroatoms. The third-order valence-electron chi connectivity index (χ3n) is 8.62. The molecule has 5 aliphatic rings. The van der Waals surface area contributed by atoms with E-state index in [1.165, 1.54) is 22.1 Å². The van der Waals surface area contributed by atoms with Crippen LogP contribution in [0.1, 0.15) is 64.7 Å². The van der Waals surface area contributed by atoms with Gasteiger partial charge in [-0.2, -0.15) is 0 Å². The van der Waals surface area contributed by atoms with Gasteiger partial charge < -0.3 is 0 Å². The average Bonchev–Trinajstić information content (AvgIpc) is 3.23. The van der Waals surface area contributed by atoms with Crippen LogP contribution in [-0.2, 0) is 0 Å². The van der Waals surface area contributed by atoms with Gasteiger partial charge in [-0.15, -0.1) is 0 Å². The van der Waals surface area contributed by atoms with E-state index >= 15 is 0 Å². The Balaban J connectivity index is 1.43. The number of hydrogen-bond donors (Lipinski definition) is 0. The minimum atomic E-state index is 0.910. The van der Waals surface area contributed by atoms with Crippen LogP contribution in [0.2, 0.25) is 5.54 Å². The third kappa shape index (κ3) is 0.883. The quantitative estimate of drug-likeness (QED) is 0.584. The fraction of sp³-hybridized carbons (Fsp3) is 1.00. The van der Waals surface area contributed by atoms with Gasteiger partial charge in [-0.25, -0.2) is 0 Å². The van der Waals surface area contributed by atoms with Crippen LogP contribution < -0.4 is 0 Å². The monoisotopic (exact) mass is 260 g/mol. The summed E-state index contributed by atoms with van der Waals surface area (Å²) in [6, 6.07) is 0. The van der Waals surface area contributed by atoms with Crippen molar-refractivity contribution >= 4 is 10.2 Å². The molecule has 0 radical (unpaired) electrons. The first-order chi connectivity index (χ1) is 8.69. The highest BCUT2D eigenvalue weighted by Crippen LogP contribution is 3.09. The molecule has 0 saturated heterocycles. The Morgan fingerprint density at radius 1 is 1.00 bits per heavy atom. The fourth-order valence-corrected chi connectivity index (χ4v) is 8.70. The van der Waals surface area contributed by atoms with Crippen LogP contribution in [0.4, 0.5) is 0 Å². The van der Waals surface area contributed by atoms with Crippen molar-refractivity contribution in [1.82, 2.24) is 0 Å². The van der Waals surface area contributed by atoms with Gasteiger partial charge in [0.15, 0.2) is 0 Å². The lowest BCUT2D eigenvalue weighted by Crippen LogP contribution is -2.08. The van der Waals surface area contributed by atoms with Gasteiger partial charge in [-0.3, -0.25) is 0 Å². The van der Waals surface area contributed by atoms with Crippen LogP contribution in [-0.4, -0.2) is 10.2 Å². The maximum absolute atomic E-state index is 2.63. The van der Waals surface area contributed by atoms with E-state index in [0.29, 0.717) is 0 Å². The minimum absolute atomic E-state index is 0.910. The Labute approximate surface area is 115 Å². The van der Waals surface area contributed by atoms with E-state index in [1.54, 1.807) is 57.8 Å². The fourth-order valence-electron chi connectivity index (χ4n) is 7.96. The van der Waals surface area contributed by atoms with Crippen molar-refractivity contribution in [3.63, 3.8) is 0 Å². The second-order valence-corrected chi connectivity index (χ2v) is 10.4. The van der Waals surface area contributed by atoms with Crippen molar-refractivity contribution in [3.05, 3.63) is 0 Å². The molecule has 5 unspecified atom stereocenters. The summed E-state index contributed by atoms with van der Waals surface area (Å²) in [5.41, 5.74) is 3.95. The Morgan fingerprint density at radius 2 is 1.89 bits per heavy atom. The maximum atomic E-state index is 2.63. The highest BCUT2D eigenvalue weighted by Gasteiger charge is 3.04. The summed E-state index contributed by atoms with van der Waals surface area (Å²) in [5, 5.41) is 0. The standard InChI is InChI=1S/C17H28Si/c1-11-16-10-15(16)8-4-2-3-5-12(18)6-7-13-14(9-15)17(11,13)16/h11-14H,2-10H2,1,18H3/t11?,12?,13?,14-,15?,16?,17+/m1/s1. The van der Waals surface area contributed by atoms with E-state index in [1.807, 2.05) is 0 Å². The van der Waals surface area contributed by atoms with E-state index in [0.717, 1.165) is 27.7 Å². The first-order valence-electron chi connectivity index (χ1n) is 8.69. The second kappa shape index (κ2) is 2.94. The van der Waals surface area contributed by atoms with Gasteiger partial charge >= 0.3 is 0 Å². The van der Waals surface area contributed by atoms with Crippen molar-refractivity contribution in [1.29, 1.82) is 0 Å². The minimum Gasteiger partial charge on any atom is -0.0614 e. The molecule has 0 aromatic carbocycles. The molecule has 5 fully saturated rings. The van der Waals surface area contributed by atoms with Gasteiger partial charge in [0.25, 0.3) is 0 Å². The lowest BCUT2D eigenvalue weighted by Gasteiger charge is -2.19. The number of rotatable bonds is 0. The Kier molecular flexibility index (Phi) is 1.79. The lowest BCUT2D eigenvalue weighted by atomic mass is 9.87. The highest BCUT2D eigenvalue weighted by molar-refractivity contribution is 6.11. The summed E-state index contributed by atoms with van der Waals surface area (Å²) < 4.78 is 0. The van der Waals surface area contributed by atoms with Crippen LogP contribution >= 0.6 is 0 Å². The van der Waals surface area contributed by atoms with Crippen molar-refractivity contribution in [2.24, 2.45) is 34.0 Å². The Hall–Kier alpha value is 0.217. The molecule has 7 atom stereocenters. The van der Waals surface area contributed by atoms with Crippen LogP contribution in [0.25, 0.3) is 0 Å². The van der Waals surface area contributed by atoms with Crippen LogP contribution in [0.5, 0.6) is 0 Å². The summed E-state index contributed by atoms with van der Waals surface area (Å²) in [7, 11) is 1.46. The summed E-state index contributed by atoms with van der Waals surface area (Å²) in [6.07, 6.45) is 14.4. The molecular formula is C17H28Si. The molecule has 2 spiro atoms. The van der Waals surface area contributed by atoms with Gasteiger partial charge in [0.2, 0.25) is 0 Å². The number of hydrogen-bond acceptors (Lipinski definition) is 0. The van der Waals surface area contributed by atoms with Gasteiger partial charge in [0, 0.05) is 10.2 Å². The largest absolute Gasteiger partial charge is 0.0614 e. The summed E-state index contributed by atoms with van der Waals surface area (Å²) >= 11 is 0. The zero-order valence-electron chi connectivity index (χ0n) is 12.2. The molecule has 100 valence electrons. The van der Waals surface area contributed by atoms with Gasteiger partial charge in [-0.05, 0) is 59.7 Å². The topological polar surface area (TPSA) is 0 Å². The third-order valence-corrected chi connectivity index (χ3v) is 9.78. The predicted molar refractivity (Wildman–Crippen MR) is 78.7 cm³/mol. The normalized spacial score (nSPS) is 68.5.